The van der Waals surface area contributed by atoms with Crippen LogP contribution in [0.4, 0.5) is 11.8 Å². The minimum Gasteiger partial charge on any atom is -0.497 e. The molecule has 0 atom stereocenters. The van der Waals surface area contributed by atoms with Gasteiger partial charge in [0.05, 0.1) is 7.11 Å². The lowest BCUT2D eigenvalue weighted by molar-refractivity contribution is -0.105. The smallest absolute Gasteiger partial charge is 0.235 e. The van der Waals surface area contributed by atoms with Gasteiger partial charge in [0.25, 0.3) is 0 Å². The number of aromatic nitrogens is 4. The summed E-state index contributed by atoms with van der Waals surface area (Å²) in [5.74, 6) is 1.75. The van der Waals surface area contributed by atoms with E-state index in [0.29, 0.717) is 30.4 Å². The van der Waals surface area contributed by atoms with E-state index in [0.717, 1.165) is 11.3 Å². The molecule has 3 aromatic rings. The molecule has 2 N–H and O–H groups in total. The lowest BCUT2D eigenvalue weighted by Gasteiger charge is -2.07. The van der Waals surface area contributed by atoms with Crippen LogP contribution in [-0.2, 0) is 11.3 Å². The fourth-order valence-corrected chi connectivity index (χ4v) is 2.03. The molecular formula is C14H14N6O2. The maximum atomic E-state index is 10.5. The zero-order valence-electron chi connectivity index (χ0n) is 11.9. The number of carbonyl (C=O) groups is 1. The Bertz CT molecular complexity index is 784. The number of ether oxygens (including phenoxy) is 1. The Morgan fingerprint density at radius 2 is 2.09 bits per heavy atom. The predicted molar refractivity (Wildman–Crippen MR) is 80.8 cm³/mol. The molecular weight excluding hydrogens is 284 g/mol. The average molecular weight is 298 g/mol. The number of hydrogen-bond acceptors (Lipinski definition) is 6. The highest BCUT2D eigenvalue weighted by molar-refractivity contribution is 5.71. The summed E-state index contributed by atoms with van der Waals surface area (Å²) in [5, 5.41) is 13.6. The molecule has 0 spiro atoms. The van der Waals surface area contributed by atoms with Crippen molar-refractivity contribution in [1.82, 2.24) is 19.6 Å². The summed E-state index contributed by atoms with van der Waals surface area (Å²) < 4.78 is 6.78. The normalized spacial score (nSPS) is 10.4. The fraction of sp³-hybridized carbons (Fsp3) is 0.143. The van der Waals surface area contributed by atoms with Crippen molar-refractivity contribution in [3.05, 3.63) is 42.2 Å². The van der Waals surface area contributed by atoms with E-state index in [2.05, 4.69) is 25.8 Å². The molecule has 2 aromatic heterocycles. The van der Waals surface area contributed by atoms with E-state index < -0.39 is 0 Å². The van der Waals surface area contributed by atoms with Gasteiger partial charge in [-0.05, 0) is 17.7 Å². The van der Waals surface area contributed by atoms with E-state index >= 15 is 0 Å². The molecule has 8 heteroatoms. The van der Waals surface area contributed by atoms with Crippen LogP contribution in [0.3, 0.4) is 0 Å². The van der Waals surface area contributed by atoms with Crippen LogP contribution >= 0.6 is 0 Å². The van der Waals surface area contributed by atoms with Crippen molar-refractivity contribution in [2.45, 2.75) is 6.54 Å². The van der Waals surface area contributed by atoms with Gasteiger partial charge in [0.15, 0.2) is 5.82 Å². The minimum atomic E-state index is 0.347. The Morgan fingerprint density at radius 1 is 1.27 bits per heavy atom. The van der Waals surface area contributed by atoms with E-state index in [-0.39, 0.29) is 0 Å². The number of hydrogen-bond donors (Lipinski definition) is 2. The fourth-order valence-electron chi connectivity index (χ4n) is 2.03. The number of carbonyl (C=O) groups excluding carboxylic acids is 1. The van der Waals surface area contributed by atoms with Crippen molar-refractivity contribution < 1.29 is 9.53 Å². The number of benzene rings is 1. The van der Waals surface area contributed by atoms with Crippen molar-refractivity contribution >= 4 is 23.8 Å². The van der Waals surface area contributed by atoms with Gasteiger partial charge in [-0.25, -0.2) is 4.98 Å². The minimum absolute atomic E-state index is 0.347. The summed E-state index contributed by atoms with van der Waals surface area (Å²) in [6.45, 7) is 0.583. The first-order valence-electron chi connectivity index (χ1n) is 6.58. The molecule has 0 fully saturated rings. The second-order valence-corrected chi connectivity index (χ2v) is 4.46. The number of amides is 1. The zero-order chi connectivity index (χ0) is 15.4. The van der Waals surface area contributed by atoms with Gasteiger partial charge in [0, 0.05) is 18.9 Å². The Morgan fingerprint density at radius 3 is 2.82 bits per heavy atom. The number of nitrogens with zero attached hydrogens (tertiary/aromatic N) is 4. The van der Waals surface area contributed by atoms with Crippen molar-refractivity contribution in [2.75, 3.05) is 17.7 Å². The van der Waals surface area contributed by atoms with Crippen molar-refractivity contribution in [3.8, 4) is 5.75 Å². The highest BCUT2D eigenvalue weighted by Gasteiger charge is 2.09. The summed E-state index contributed by atoms with van der Waals surface area (Å²) in [6.07, 6.45) is 3.85. The standard InChI is InChI=1S/C14H14N6O2/c1-22-11-4-2-10(3-5-11)8-16-12-13-18-19-14(17-9-21)20(13)7-6-15-12/h2-7,9H,8H2,1H3,(H,15,16)(H,17,19,21). The molecule has 3 rings (SSSR count). The third-order valence-electron chi connectivity index (χ3n) is 3.13. The third-order valence-corrected chi connectivity index (χ3v) is 3.13. The van der Waals surface area contributed by atoms with E-state index in [1.807, 2.05) is 24.3 Å². The van der Waals surface area contributed by atoms with Gasteiger partial charge < -0.3 is 10.1 Å². The van der Waals surface area contributed by atoms with Gasteiger partial charge in [0.2, 0.25) is 18.0 Å². The van der Waals surface area contributed by atoms with Gasteiger partial charge in [-0.3, -0.25) is 14.5 Å². The topological polar surface area (TPSA) is 93.4 Å². The van der Waals surface area contributed by atoms with Crippen LogP contribution in [0.15, 0.2) is 36.7 Å². The van der Waals surface area contributed by atoms with Gasteiger partial charge in [-0.2, -0.15) is 0 Å². The highest BCUT2D eigenvalue weighted by atomic mass is 16.5. The maximum absolute atomic E-state index is 10.5. The predicted octanol–water partition coefficient (Wildman–Crippen LogP) is 1.31. The summed E-state index contributed by atoms with van der Waals surface area (Å²) in [5.41, 5.74) is 1.62. The van der Waals surface area contributed by atoms with E-state index in [1.165, 1.54) is 0 Å². The van der Waals surface area contributed by atoms with E-state index in [9.17, 15) is 4.79 Å². The summed E-state index contributed by atoms with van der Waals surface area (Å²) in [4.78, 5) is 14.8. The van der Waals surface area contributed by atoms with Crippen molar-refractivity contribution in [2.24, 2.45) is 0 Å². The lowest BCUT2D eigenvalue weighted by Crippen LogP contribution is -2.05. The zero-order valence-corrected chi connectivity index (χ0v) is 11.9. The van der Waals surface area contributed by atoms with Crippen LogP contribution in [0.1, 0.15) is 5.56 Å². The molecule has 0 aliphatic carbocycles. The van der Waals surface area contributed by atoms with Crippen LogP contribution in [0.25, 0.3) is 5.65 Å². The number of methoxy groups -OCH3 is 1. The molecule has 1 aromatic carbocycles. The highest BCUT2D eigenvalue weighted by Crippen LogP contribution is 2.17. The molecule has 112 valence electrons. The SMILES string of the molecule is COc1ccc(CNc2nccn3c(NC=O)nnc23)cc1. The second-order valence-electron chi connectivity index (χ2n) is 4.46. The molecule has 8 nitrogen and oxygen atoms in total. The number of fused-ring (bicyclic) bond motifs is 1. The summed E-state index contributed by atoms with van der Waals surface area (Å²) in [6, 6.07) is 7.73. The van der Waals surface area contributed by atoms with Crippen LogP contribution in [-0.4, -0.2) is 33.1 Å². The Balaban J connectivity index is 1.79. The largest absolute Gasteiger partial charge is 0.497 e. The molecule has 0 unspecified atom stereocenters. The van der Waals surface area contributed by atoms with Crippen LogP contribution in [0.2, 0.25) is 0 Å². The van der Waals surface area contributed by atoms with Crippen molar-refractivity contribution in [1.29, 1.82) is 0 Å². The monoisotopic (exact) mass is 298 g/mol. The molecule has 0 bridgehead atoms. The van der Waals surface area contributed by atoms with E-state index in [1.54, 1.807) is 23.9 Å². The number of anilines is 2. The Kier molecular flexibility index (Phi) is 3.82. The summed E-state index contributed by atoms with van der Waals surface area (Å²) in [7, 11) is 1.63. The molecule has 1 amide bonds. The van der Waals surface area contributed by atoms with Crippen LogP contribution in [0.5, 0.6) is 5.75 Å². The Labute approximate surface area is 126 Å². The first-order chi connectivity index (χ1) is 10.8. The van der Waals surface area contributed by atoms with Gasteiger partial charge in [0.1, 0.15) is 5.75 Å². The summed E-state index contributed by atoms with van der Waals surface area (Å²) >= 11 is 0. The molecule has 0 aliphatic rings. The van der Waals surface area contributed by atoms with Crippen molar-refractivity contribution in [3.63, 3.8) is 0 Å². The number of rotatable bonds is 6. The first-order valence-corrected chi connectivity index (χ1v) is 6.58. The van der Waals surface area contributed by atoms with Gasteiger partial charge in [-0.1, -0.05) is 12.1 Å². The quantitative estimate of drug-likeness (QED) is 0.667. The Hall–Kier alpha value is -3.16. The lowest BCUT2D eigenvalue weighted by atomic mass is 10.2. The molecule has 0 saturated carbocycles. The maximum Gasteiger partial charge on any atom is 0.235 e. The first kappa shape index (κ1) is 13.8. The molecule has 22 heavy (non-hydrogen) atoms. The average Bonchev–Trinajstić information content (AvgIpc) is 2.97. The molecule has 0 saturated heterocycles. The third kappa shape index (κ3) is 2.66. The van der Waals surface area contributed by atoms with E-state index in [4.69, 9.17) is 4.74 Å². The second kappa shape index (κ2) is 6.08. The van der Waals surface area contributed by atoms with Crippen LogP contribution in [0, 0.1) is 0 Å². The van der Waals surface area contributed by atoms with Crippen LogP contribution < -0.4 is 15.4 Å². The molecule has 0 radical (unpaired) electrons. The van der Waals surface area contributed by atoms with Gasteiger partial charge in [-0.15, -0.1) is 10.2 Å². The molecule has 0 aliphatic heterocycles. The molecule has 2 heterocycles. The van der Waals surface area contributed by atoms with Gasteiger partial charge >= 0.3 is 0 Å². The number of nitrogens with one attached hydrogen (secondary N) is 2.